The Labute approximate surface area is 156 Å². The van der Waals surface area contributed by atoms with E-state index in [1.54, 1.807) is 37.4 Å². The van der Waals surface area contributed by atoms with Crippen LogP contribution in [0.2, 0.25) is 0 Å². The number of nitrogen functional groups attached to an aromatic ring is 1. The molecule has 2 aromatic rings. The summed E-state index contributed by atoms with van der Waals surface area (Å²) in [6.45, 7) is -0.168. The van der Waals surface area contributed by atoms with E-state index in [9.17, 15) is 4.79 Å². The summed E-state index contributed by atoms with van der Waals surface area (Å²) in [6.07, 6.45) is 0. The van der Waals surface area contributed by atoms with Gasteiger partial charge in [-0.3, -0.25) is 0 Å². The average molecular weight is 460 g/mol. The molecule has 0 aliphatic carbocycles. The Hall–Kier alpha value is -1.93. The summed E-state index contributed by atoms with van der Waals surface area (Å²) in [4.78, 5) is 11.1. The minimum atomic E-state index is -0.455. The van der Waals surface area contributed by atoms with Gasteiger partial charge in [0.15, 0.2) is 12.4 Å². The van der Waals surface area contributed by atoms with Crippen molar-refractivity contribution in [3.8, 4) is 17.2 Å². The number of rotatable bonds is 6. The second-order valence-corrected chi connectivity index (χ2v) is 6.39. The van der Waals surface area contributed by atoms with Crippen LogP contribution in [0, 0.1) is 0 Å². The Kier molecular flexibility index (Phi) is 6.33. The molecule has 0 fully saturated rings. The molecule has 2 rings (SSSR count). The monoisotopic (exact) mass is 458 g/mol. The number of carbonyl (C=O) groups excluding carboxylic acids is 1. The molecule has 0 aliphatic heterocycles. The Balaban J connectivity index is 2.20. The number of esters is 1. The molecule has 24 heavy (non-hydrogen) atoms. The van der Waals surface area contributed by atoms with Gasteiger partial charge in [-0.2, -0.15) is 0 Å². The molecule has 0 saturated carbocycles. The molecule has 0 atom stereocenters. The first kappa shape index (κ1) is 18.4. The van der Waals surface area contributed by atoms with Gasteiger partial charge in [0.05, 0.1) is 27.4 Å². The van der Waals surface area contributed by atoms with E-state index >= 15 is 0 Å². The fraction of sp³-hybridized carbons (Fsp3) is 0.188. The Morgan fingerprint density at radius 2 is 1.83 bits per heavy atom. The third-order valence-electron chi connectivity index (χ3n) is 3.07. The van der Waals surface area contributed by atoms with E-state index in [1.807, 2.05) is 0 Å². The summed E-state index contributed by atoms with van der Waals surface area (Å²) in [7, 11) is 3.09. The Bertz CT molecular complexity index is 730. The maximum atomic E-state index is 11.1. The van der Waals surface area contributed by atoms with Crippen LogP contribution in [0.15, 0.2) is 39.3 Å². The van der Waals surface area contributed by atoms with Crippen molar-refractivity contribution in [1.29, 1.82) is 0 Å². The smallest absolute Gasteiger partial charge is 0.343 e. The van der Waals surface area contributed by atoms with Gasteiger partial charge in [-0.15, -0.1) is 0 Å². The van der Waals surface area contributed by atoms with Crippen LogP contribution in [-0.4, -0.2) is 26.7 Å². The molecule has 128 valence electrons. The highest BCUT2D eigenvalue weighted by Crippen LogP contribution is 2.40. The lowest BCUT2D eigenvalue weighted by Crippen LogP contribution is -2.12. The lowest BCUT2D eigenvalue weighted by atomic mass is 10.2. The molecular formula is C16H16Br2N2O4. The van der Waals surface area contributed by atoms with Crippen LogP contribution in [0.5, 0.6) is 17.2 Å². The normalized spacial score (nSPS) is 10.2. The Morgan fingerprint density at radius 1 is 1.17 bits per heavy atom. The number of hydrogen-bond acceptors (Lipinski definition) is 6. The zero-order valence-corrected chi connectivity index (χ0v) is 16.2. The minimum Gasteiger partial charge on any atom is -0.482 e. The number of methoxy groups -OCH3 is 1. The second kappa shape index (κ2) is 8.25. The summed E-state index contributed by atoms with van der Waals surface area (Å²) in [5.41, 5.74) is 7.26. The molecule has 0 bridgehead atoms. The number of nitrogens with two attached hydrogens (primary N) is 1. The van der Waals surface area contributed by atoms with Crippen molar-refractivity contribution in [3.05, 3.63) is 39.3 Å². The molecule has 0 saturated heterocycles. The molecule has 6 nitrogen and oxygen atoms in total. The first-order chi connectivity index (χ1) is 11.4. The predicted octanol–water partition coefficient (Wildman–Crippen LogP) is 4.18. The summed E-state index contributed by atoms with van der Waals surface area (Å²) in [5, 5.41) is 3.00. The third kappa shape index (κ3) is 4.55. The zero-order chi connectivity index (χ0) is 17.7. The quantitative estimate of drug-likeness (QED) is 0.498. The van der Waals surface area contributed by atoms with Gasteiger partial charge in [-0.25, -0.2) is 4.79 Å². The topological polar surface area (TPSA) is 82.8 Å². The van der Waals surface area contributed by atoms with E-state index in [0.29, 0.717) is 31.9 Å². The summed E-state index contributed by atoms with van der Waals surface area (Å²) < 4.78 is 17.1. The van der Waals surface area contributed by atoms with Crippen LogP contribution in [0.1, 0.15) is 0 Å². The number of ether oxygens (including phenoxy) is 3. The summed E-state index contributed by atoms with van der Waals surface area (Å²) in [5.74, 6) is 1.24. The Morgan fingerprint density at radius 3 is 2.42 bits per heavy atom. The first-order valence-corrected chi connectivity index (χ1v) is 8.47. The van der Waals surface area contributed by atoms with Crippen LogP contribution in [0.4, 0.5) is 11.4 Å². The van der Waals surface area contributed by atoms with E-state index in [-0.39, 0.29) is 6.61 Å². The molecule has 0 aromatic heterocycles. The van der Waals surface area contributed by atoms with Gasteiger partial charge in [-0.05, 0) is 56.1 Å². The number of hydrogen-bond donors (Lipinski definition) is 2. The standard InChI is InChI=1S/C16H16Br2N2O4/c1-20-14-7-9(3-4-13(14)19)24-16-11(17)5-10(6-12(16)18)23-8-15(21)22-2/h3-7,20H,8,19H2,1-2H3. The molecule has 0 amide bonds. The van der Waals surface area contributed by atoms with Crippen molar-refractivity contribution in [2.45, 2.75) is 0 Å². The summed E-state index contributed by atoms with van der Waals surface area (Å²) in [6, 6.07) is 8.75. The van der Waals surface area contributed by atoms with Crippen LogP contribution in [-0.2, 0) is 9.53 Å². The van der Waals surface area contributed by atoms with Gasteiger partial charge < -0.3 is 25.3 Å². The summed E-state index contributed by atoms with van der Waals surface area (Å²) >= 11 is 6.88. The lowest BCUT2D eigenvalue weighted by molar-refractivity contribution is -0.142. The van der Waals surface area contributed by atoms with Gasteiger partial charge in [-0.1, -0.05) is 0 Å². The van der Waals surface area contributed by atoms with E-state index in [0.717, 1.165) is 5.69 Å². The SMILES string of the molecule is CNc1cc(Oc2c(Br)cc(OCC(=O)OC)cc2Br)ccc1N. The number of benzene rings is 2. The van der Waals surface area contributed by atoms with Crippen molar-refractivity contribution >= 4 is 49.2 Å². The molecule has 0 unspecified atom stereocenters. The highest BCUT2D eigenvalue weighted by molar-refractivity contribution is 9.11. The fourth-order valence-corrected chi connectivity index (χ4v) is 3.16. The fourth-order valence-electron chi connectivity index (χ4n) is 1.85. The van der Waals surface area contributed by atoms with Crippen molar-refractivity contribution in [3.63, 3.8) is 0 Å². The van der Waals surface area contributed by atoms with Gasteiger partial charge in [0, 0.05) is 13.1 Å². The molecule has 0 radical (unpaired) electrons. The van der Waals surface area contributed by atoms with Gasteiger partial charge >= 0.3 is 5.97 Å². The molecule has 0 spiro atoms. The molecular weight excluding hydrogens is 444 g/mol. The van der Waals surface area contributed by atoms with Gasteiger partial charge in [0.1, 0.15) is 11.5 Å². The van der Waals surface area contributed by atoms with Gasteiger partial charge in [0.2, 0.25) is 0 Å². The number of carbonyl (C=O) groups is 1. The van der Waals surface area contributed by atoms with E-state index in [2.05, 4.69) is 41.9 Å². The molecule has 3 N–H and O–H groups in total. The third-order valence-corrected chi connectivity index (χ3v) is 4.25. The van der Waals surface area contributed by atoms with Crippen molar-refractivity contribution in [1.82, 2.24) is 0 Å². The van der Waals surface area contributed by atoms with E-state index in [1.165, 1.54) is 7.11 Å². The zero-order valence-electron chi connectivity index (χ0n) is 13.1. The maximum Gasteiger partial charge on any atom is 0.343 e. The molecule has 2 aromatic carbocycles. The van der Waals surface area contributed by atoms with E-state index < -0.39 is 5.97 Å². The van der Waals surface area contributed by atoms with Crippen LogP contribution in [0.3, 0.4) is 0 Å². The molecule has 0 aliphatic rings. The highest BCUT2D eigenvalue weighted by atomic mass is 79.9. The van der Waals surface area contributed by atoms with E-state index in [4.69, 9.17) is 15.2 Å². The predicted molar refractivity (Wildman–Crippen MR) is 99.8 cm³/mol. The highest BCUT2D eigenvalue weighted by Gasteiger charge is 2.13. The van der Waals surface area contributed by atoms with Crippen molar-refractivity contribution < 1.29 is 19.0 Å². The van der Waals surface area contributed by atoms with Crippen LogP contribution < -0.4 is 20.5 Å². The number of halogens is 2. The first-order valence-electron chi connectivity index (χ1n) is 6.88. The second-order valence-electron chi connectivity index (χ2n) is 4.68. The largest absolute Gasteiger partial charge is 0.482 e. The lowest BCUT2D eigenvalue weighted by Gasteiger charge is -2.14. The number of anilines is 2. The average Bonchev–Trinajstić information content (AvgIpc) is 2.57. The van der Waals surface area contributed by atoms with Crippen molar-refractivity contribution in [2.24, 2.45) is 0 Å². The van der Waals surface area contributed by atoms with Gasteiger partial charge in [0.25, 0.3) is 0 Å². The number of nitrogens with one attached hydrogen (secondary N) is 1. The van der Waals surface area contributed by atoms with Crippen molar-refractivity contribution in [2.75, 3.05) is 31.8 Å². The van der Waals surface area contributed by atoms with Crippen LogP contribution >= 0.6 is 31.9 Å². The molecule has 8 heteroatoms. The maximum absolute atomic E-state index is 11.1. The molecule has 0 heterocycles. The minimum absolute atomic E-state index is 0.168. The van der Waals surface area contributed by atoms with Crippen LogP contribution in [0.25, 0.3) is 0 Å².